The van der Waals surface area contributed by atoms with Crippen LogP contribution < -0.4 is 10.6 Å². The van der Waals surface area contributed by atoms with Crippen LogP contribution in [0.4, 0.5) is 0 Å². The summed E-state index contributed by atoms with van der Waals surface area (Å²) in [5.41, 5.74) is 0.833. The smallest absolute Gasteiger partial charge is 0.334 e. The van der Waals surface area contributed by atoms with Gasteiger partial charge in [-0.2, -0.15) is 0 Å². The van der Waals surface area contributed by atoms with Crippen molar-refractivity contribution in [3.63, 3.8) is 0 Å². The minimum absolute atomic E-state index is 0.0127. The molecule has 1 aliphatic heterocycles. The lowest BCUT2D eigenvalue weighted by Gasteiger charge is -2.36. The number of hydrogen-bond donors (Lipinski definition) is 3. The third-order valence-electron chi connectivity index (χ3n) is 11.2. The van der Waals surface area contributed by atoms with Gasteiger partial charge in [-0.25, -0.2) is 9.59 Å². The highest BCUT2D eigenvalue weighted by atomic mass is 16.6. The van der Waals surface area contributed by atoms with Gasteiger partial charge in [0.25, 0.3) is 5.91 Å². The number of esters is 2. The van der Waals surface area contributed by atoms with Gasteiger partial charge < -0.3 is 39.9 Å². The Bertz CT molecular complexity index is 1540. The Kier molecular flexibility index (Phi) is 21.5. The number of rotatable bonds is 8. The molecule has 0 aromatic heterocycles. The molecule has 0 bridgehead atoms. The SMILES string of the molecule is CC/C=C(\C)C1OC(=O)[C@H](C)N(C)C(=O)C(C(C)C)NC(=O)CN(C)C(=O)[C@@H](CC(C)C)N(C)C(=O)[C@H](C(C)C)NC(=O)[C@@H]([C@@H](C)CC)OC(=O)/C(C)=C/C[C@H](O)[C@@H]1C. The first-order valence-corrected chi connectivity index (χ1v) is 21.1. The van der Waals surface area contributed by atoms with Gasteiger partial charge in [0.2, 0.25) is 23.6 Å². The molecule has 0 aromatic rings. The Morgan fingerprint density at radius 2 is 1.39 bits per heavy atom. The van der Waals surface area contributed by atoms with E-state index in [9.17, 15) is 38.7 Å². The Morgan fingerprint density at radius 3 is 1.90 bits per heavy atom. The van der Waals surface area contributed by atoms with E-state index in [2.05, 4.69) is 10.6 Å². The molecule has 0 aliphatic carbocycles. The molecule has 2 unspecified atom stereocenters. The van der Waals surface area contributed by atoms with Crippen LogP contribution in [0.1, 0.15) is 116 Å². The number of carbonyl (C=O) groups excluding carboxylic acids is 7. The largest absolute Gasteiger partial charge is 0.456 e. The molecule has 15 heteroatoms. The highest BCUT2D eigenvalue weighted by Gasteiger charge is 2.39. The van der Waals surface area contributed by atoms with Gasteiger partial charge >= 0.3 is 11.9 Å². The van der Waals surface area contributed by atoms with Crippen LogP contribution in [0.25, 0.3) is 0 Å². The van der Waals surface area contributed by atoms with Gasteiger partial charge in [0.15, 0.2) is 6.10 Å². The molecular weight excluding hydrogens is 759 g/mol. The molecule has 15 nitrogen and oxygen atoms in total. The summed E-state index contributed by atoms with van der Waals surface area (Å²) >= 11 is 0. The predicted molar refractivity (Wildman–Crippen MR) is 226 cm³/mol. The van der Waals surface area contributed by atoms with Crippen molar-refractivity contribution < 1.29 is 48.1 Å². The number of aliphatic hydroxyl groups is 1. The predicted octanol–water partition coefficient (Wildman–Crippen LogP) is 4.02. The molecule has 3 N–H and O–H groups in total. The van der Waals surface area contributed by atoms with Crippen LogP contribution in [-0.4, -0.2) is 131 Å². The average Bonchev–Trinajstić information content (AvgIpc) is 3.17. The van der Waals surface area contributed by atoms with E-state index in [4.69, 9.17) is 9.47 Å². The molecule has 0 radical (unpaired) electrons. The minimum atomic E-state index is -1.26. The summed E-state index contributed by atoms with van der Waals surface area (Å²) < 4.78 is 11.8. The molecule has 5 amide bonds. The van der Waals surface area contributed by atoms with E-state index in [0.717, 1.165) is 0 Å². The topological polar surface area (TPSA) is 192 Å². The molecule has 0 saturated carbocycles. The van der Waals surface area contributed by atoms with Crippen LogP contribution in [0.2, 0.25) is 0 Å². The summed E-state index contributed by atoms with van der Waals surface area (Å²) in [7, 11) is 4.36. The van der Waals surface area contributed by atoms with Crippen molar-refractivity contribution in [1.82, 2.24) is 25.3 Å². The maximum Gasteiger partial charge on any atom is 0.334 e. The highest BCUT2D eigenvalue weighted by Crippen LogP contribution is 2.25. The van der Waals surface area contributed by atoms with Gasteiger partial charge in [0.1, 0.15) is 30.3 Å². The van der Waals surface area contributed by atoms with E-state index in [1.165, 1.54) is 55.8 Å². The first-order chi connectivity index (χ1) is 27.3. The Hall–Kier alpha value is -4.27. The summed E-state index contributed by atoms with van der Waals surface area (Å²) in [5, 5.41) is 16.9. The van der Waals surface area contributed by atoms with Crippen LogP contribution in [0.5, 0.6) is 0 Å². The van der Waals surface area contributed by atoms with Gasteiger partial charge in [0.05, 0.1) is 12.6 Å². The standard InChI is InChI=1S/C44H75N5O10/c1-17-19-28(10)37-30(12)33(50)21-20-29(11)43(56)59-38(27(9)18-2)39(52)46-36(26(7)8)42(55)49(16)32(22-24(3)4)40(53)47(14)23-34(51)45-35(25(5)6)41(54)48(15)31(13)44(57)58-37/h19-20,24-27,30-33,35-38,50H,17-18,21-23H2,1-16H3,(H,45,51)(H,46,52)/b28-19+,29-20+/t27-,30-,31-,32+,33-,35?,36-,37?,38+/m0/s1. The van der Waals surface area contributed by atoms with Crippen molar-refractivity contribution in [2.24, 2.45) is 29.6 Å². The lowest BCUT2D eigenvalue weighted by atomic mass is 9.90. The molecule has 336 valence electrons. The summed E-state index contributed by atoms with van der Waals surface area (Å²) in [5.74, 6) is -6.38. The number of ether oxygens (including phenoxy) is 2. The summed E-state index contributed by atoms with van der Waals surface area (Å²) in [6.07, 6.45) is 1.49. The number of carbonyl (C=O) groups is 7. The molecule has 1 aliphatic rings. The summed E-state index contributed by atoms with van der Waals surface area (Å²) in [6.45, 7) is 22.4. The van der Waals surface area contributed by atoms with Gasteiger partial charge in [-0.3, -0.25) is 24.0 Å². The van der Waals surface area contributed by atoms with Crippen molar-refractivity contribution in [3.05, 3.63) is 23.3 Å². The van der Waals surface area contributed by atoms with E-state index in [1.54, 1.807) is 48.5 Å². The Labute approximate surface area is 353 Å². The molecule has 1 rings (SSSR count). The number of cyclic esters (lactones) is 2. The number of hydrogen-bond acceptors (Lipinski definition) is 10. The fourth-order valence-corrected chi connectivity index (χ4v) is 6.77. The van der Waals surface area contributed by atoms with Crippen LogP contribution in [0.15, 0.2) is 23.3 Å². The van der Waals surface area contributed by atoms with Crippen molar-refractivity contribution in [1.29, 1.82) is 0 Å². The second-order valence-electron chi connectivity index (χ2n) is 17.4. The third kappa shape index (κ3) is 15.1. The molecular formula is C44H75N5O10. The lowest BCUT2D eigenvalue weighted by Crippen LogP contribution is -2.59. The zero-order valence-corrected chi connectivity index (χ0v) is 38.6. The molecule has 0 spiro atoms. The minimum Gasteiger partial charge on any atom is -0.456 e. The van der Waals surface area contributed by atoms with Crippen LogP contribution in [-0.2, 0) is 43.0 Å². The molecule has 1 heterocycles. The number of aliphatic hydroxyl groups excluding tert-OH is 1. The van der Waals surface area contributed by atoms with Crippen molar-refractivity contribution in [2.75, 3.05) is 27.7 Å². The van der Waals surface area contributed by atoms with Gasteiger partial charge in [-0.1, -0.05) is 81.4 Å². The van der Waals surface area contributed by atoms with E-state index in [0.29, 0.717) is 18.4 Å². The van der Waals surface area contributed by atoms with Gasteiger partial charge in [-0.05, 0) is 69.8 Å². The van der Waals surface area contributed by atoms with E-state index in [-0.39, 0.29) is 24.3 Å². The molecule has 0 saturated heterocycles. The van der Waals surface area contributed by atoms with E-state index >= 15 is 0 Å². The zero-order valence-electron chi connectivity index (χ0n) is 38.6. The normalized spacial score (nSPS) is 29.3. The van der Waals surface area contributed by atoms with Crippen LogP contribution >= 0.6 is 0 Å². The quantitative estimate of drug-likeness (QED) is 0.238. The average molecular weight is 834 g/mol. The maximum atomic E-state index is 14.2. The fraction of sp³-hybridized carbons (Fsp3) is 0.750. The van der Waals surface area contributed by atoms with Gasteiger partial charge in [0, 0.05) is 38.6 Å². The molecule has 59 heavy (non-hydrogen) atoms. The zero-order chi connectivity index (χ0) is 45.6. The van der Waals surface area contributed by atoms with Crippen LogP contribution in [0.3, 0.4) is 0 Å². The highest BCUT2D eigenvalue weighted by molar-refractivity contribution is 5.96. The van der Waals surface area contributed by atoms with Crippen molar-refractivity contribution in [3.8, 4) is 0 Å². The van der Waals surface area contributed by atoms with E-state index < -0.39 is 114 Å². The summed E-state index contributed by atoms with van der Waals surface area (Å²) in [6, 6.07) is -4.25. The molecule has 0 aromatic carbocycles. The van der Waals surface area contributed by atoms with Gasteiger partial charge in [-0.15, -0.1) is 0 Å². The van der Waals surface area contributed by atoms with Crippen molar-refractivity contribution >= 4 is 41.5 Å². The number of amides is 5. The Morgan fingerprint density at radius 1 is 0.847 bits per heavy atom. The molecule has 9 atom stereocenters. The third-order valence-corrected chi connectivity index (χ3v) is 11.2. The molecule has 0 fully saturated rings. The van der Waals surface area contributed by atoms with E-state index in [1.807, 2.05) is 33.8 Å². The monoisotopic (exact) mass is 834 g/mol. The number of nitrogens with zero attached hydrogens (tertiary/aromatic N) is 3. The Balaban J connectivity index is 3.87. The first kappa shape index (κ1) is 52.7. The maximum absolute atomic E-state index is 14.2. The fourth-order valence-electron chi connectivity index (χ4n) is 6.77. The number of allylic oxidation sites excluding steroid dienone is 1. The van der Waals surface area contributed by atoms with Crippen LogP contribution in [0, 0.1) is 29.6 Å². The lowest BCUT2D eigenvalue weighted by molar-refractivity contribution is -0.160. The summed E-state index contributed by atoms with van der Waals surface area (Å²) in [4.78, 5) is 100. The first-order valence-electron chi connectivity index (χ1n) is 21.1. The number of likely N-dealkylation sites (N-methyl/N-ethyl adjacent to an activating group) is 3. The number of nitrogens with one attached hydrogen (secondary N) is 2. The second kappa shape index (κ2) is 24.1. The van der Waals surface area contributed by atoms with Crippen molar-refractivity contribution in [2.45, 2.75) is 158 Å². The second-order valence-corrected chi connectivity index (χ2v) is 17.4.